The van der Waals surface area contributed by atoms with E-state index in [0.717, 1.165) is 0 Å². The first-order valence-electron chi connectivity index (χ1n) is 8.06. The van der Waals surface area contributed by atoms with Crippen LogP contribution in [-0.2, 0) is 24.0 Å². The monoisotopic (exact) mass is 373 g/mol. The van der Waals surface area contributed by atoms with Crippen LogP contribution >= 0.6 is 0 Å². The van der Waals surface area contributed by atoms with E-state index >= 15 is 0 Å². The Hall–Kier alpha value is -2.69. The van der Waals surface area contributed by atoms with E-state index in [0.29, 0.717) is 0 Å². The third-order valence-electron chi connectivity index (χ3n) is 3.40. The smallest absolute Gasteiger partial charge is 0.325 e. The van der Waals surface area contributed by atoms with Crippen molar-refractivity contribution in [3.05, 3.63) is 0 Å². The van der Waals surface area contributed by atoms with Crippen LogP contribution in [0.1, 0.15) is 34.6 Å². The number of hydrogen-bond acceptors (Lipinski definition) is 6. The summed E-state index contributed by atoms with van der Waals surface area (Å²) in [6.07, 6.45) is 0. The van der Waals surface area contributed by atoms with E-state index in [2.05, 4.69) is 21.3 Å². The summed E-state index contributed by atoms with van der Waals surface area (Å²) in [5.41, 5.74) is 5.39. The van der Waals surface area contributed by atoms with Gasteiger partial charge in [-0.1, -0.05) is 0 Å². The number of hydrogen-bond donors (Lipinski definition) is 6. The van der Waals surface area contributed by atoms with Crippen LogP contribution in [0.25, 0.3) is 0 Å². The molecule has 148 valence electrons. The van der Waals surface area contributed by atoms with Gasteiger partial charge in [-0.2, -0.15) is 0 Å². The van der Waals surface area contributed by atoms with E-state index < -0.39 is 59.8 Å². The van der Waals surface area contributed by atoms with Gasteiger partial charge in [0, 0.05) is 0 Å². The van der Waals surface area contributed by atoms with E-state index in [1.165, 1.54) is 34.6 Å². The van der Waals surface area contributed by atoms with Gasteiger partial charge in [-0.05, 0) is 34.6 Å². The molecule has 26 heavy (non-hydrogen) atoms. The van der Waals surface area contributed by atoms with E-state index in [9.17, 15) is 24.0 Å². The maximum Gasteiger partial charge on any atom is 0.325 e. The molecule has 0 fully saturated rings. The fraction of sp³-hybridized carbons (Fsp3) is 0.667. The van der Waals surface area contributed by atoms with Crippen molar-refractivity contribution in [1.82, 2.24) is 21.3 Å². The zero-order valence-electron chi connectivity index (χ0n) is 15.5. The lowest BCUT2D eigenvalue weighted by molar-refractivity contribution is -0.141. The molecule has 0 spiro atoms. The van der Waals surface area contributed by atoms with Gasteiger partial charge in [0.2, 0.25) is 23.6 Å². The van der Waals surface area contributed by atoms with E-state index in [4.69, 9.17) is 10.8 Å². The van der Waals surface area contributed by atoms with Gasteiger partial charge in [0.05, 0.1) is 6.04 Å². The van der Waals surface area contributed by atoms with E-state index in [1.807, 2.05) is 0 Å². The van der Waals surface area contributed by atoms with Crippen LogP contribution in [0.5, 0.6) is 0 Å². The number of carboxylic acid groups (broad SMARTS) is 1. The Bertz CT molecular complexity index is 565. The summed E-state index contributed by atoms with van der Waals surface area (Å²) in [5, 5.41) is 18.1. The second kappa shape index (κ2) is 10.3. The van der Waals surface area contributed by atoms with Crippen LogP contribution in [0.3, 0.4) is 0 Å². The topological polar surface area (TPSA) is 180 Å². The van der Waals surface area contributed by atoms with Crippen molar-refractivity contribution in [1.29, 1.82) is 0 Å². The standard InChI is InChI=1S/C15H27N5O6/c1-6(16)11(21)17-7(2)12(22)18-8(3)13(23)19-9(4)14(24)20-10(5)15(25)26/h6-10H,16H2,1-5H3,(H,17,21)(H,18,22)(H,19,23)(H,20,24)(H,25,26)/t6-,7+,8+,9-,10+/m0/s1. The lowest BCUT2D eigenvalue weighted by atomic mass is 10.2. The van der Waals surface area contributed by atoms with Crippen molar-refractivity contribution >= 4 is 29.6 Å². The molecule has 0 bridgehead atoms. The molecule has 11 heteroatoms. The normalized spacial score (nSPS) is 16.2. The number of aliphatic carboxylic acids is 1. The highest BCUT2D eigenvalue weighted by molar-refractivity contribution is 5.94. The Balaban J connectivity index is 4.54. The summed E-state index contributed by atoms with van der Waals surface area (Å²) in [4.78, 5) is 58.0. The molecular weight excluding hydrogens is 346 g/mol. The molecule has 0 aliphatic heterocycles. The van der Waals surface area contributed by atoms with Gasteiger partial charge in [0.25, 0.3) is 0 Å². The van der Waals surface area contributed by atoms with Crippen molar-refractivity contribution in [2.45, 2.75) is 64.8 Å². The Labute approximate surface area is 151 Å². The quantitative estimate of drug-likeness (QED) is 0.257. The molecule has 0 aromatic heterocycles. The minimum Gasteiger partial charge on any atom is -0.480 e. The Morgan fingerprint density at radius 2 is 0.885 bits per heavy atom. The fourth-order valence-corrected chi connectivity index (χ4v) is 1.62. The molecular formula is C15H27N5O6. The highest BCUT2D eigenvalue weighted by Gasteiger charge is 2.25. The molecule has 4 amide bonds. The van der Waals surface area contributed by atoms with Gasteiger partial charge in [-0.3, -0.25) is 24.0 Å². The molecule has 0 unspecified atom stereocenters. The maximum atomic E-state index is 12.0. The second-order valence-corrected chi connectivity index (χ2v) is 6.05. The van der Waals surface area contributed by atoms with Crippen molar-refractivity contribution in [3.8, 4) is 0 Å². The van der Waals surface area contributed by atoms with Gasteiger partial charge >= 0.3 is 5.97 Å². The molecule has 0 heterocycles. The first-order valence-corrected chi connectivity index (χ1v) is 8.06. The first kappa shape index (κ1) is 23.3. The third-order valence-corrected chi connectivity index (χ3v) is 3.40. The van der Waals surface area contributed by atoms with Crippen LogP contribution in [0.4, 0.5) is 0 Å². The molecule has 7 N–H and O–H groups in total. The third kappa shape index (κ3) is 7.92. The molecule has 0 radical (unpaired) electrons. The lowest BCUT2D eigenvalue weighted by Crippen LogP contribution is -2.56. The summed E-state index contributed by atoms with van der Waals surface area (Å²) in [6, 6.07) is -4.77. The molecule has 0 aromatic rings. The van der Waals surface area contributed by atoms with Crippen LogP contribution < -0.4 is 27.0 Å². The largest absolute Gasteiger partial charge is 0.480 e. The molecule has 0 aromatic carbocycles. The number of carbonyl (C=O) groups excluding carboxylic acids is 4. The fourth-order valence-electron chi connectivity index (χ4n) is 1.62. The number of rotatable bonds is 9. The highest BCUT2D eigenvalue weighted by atomic mass is 16.4. The van der Waals surface area contributed by atoms with Gasteiger partial charge in [0.1, 0.15) is 24.2 Å². The molecule has 11 nitrogen and oxygen atoms in total. The lowest BCUT2D eigenvalue weighted by Gasteiger charge is -2.21. The van der Waals surface area contributed by atoms with Crippen LogP contribution in [0.15, 0.2) is 0 Å². The highest BCUT2D eigenvalue weighted by Crippen LogP contribution is 1.92. The summed E-state index contributed by atoms with van der Waals surface area (Å²) in [7, 11) is 0. The van der Waals surface area contributed by atoms with Crippen molar-refractivity contribution < 1.29 is 29.1 Å². The second-order valence-electron chi connectivity index (χ2n) is 6.05. The average molecular weight is 373 g/mol. The number of carboxylic acids is 1. The summed E-state index contributed by atoms with van der Waals surface area (Å²) in [5.74, 6) is -3.64. The van der Waals surface area contributed by atoms with Gasteiger partial charge in [0.15, 0.2) is 0 Å². The molecule has 0 saturated carbocycles. The van der Waals surface area contributed by atoms with E-state index in [1.54, 1.807) is 0 Å². The molecule has 0 saturated heterocycles. The minimum atomic E-state index is -1.21. The van der Waals surface area contributed by atoms with Crippen LogP contribution in [-0.4, -0.2) is 64.9 Å². The zero-order chi connectivity index (χ0) is 20.6. The minimum absolute atomic E-state index is 0.511. The van der Waals surface area contributed by atoms with Crippen LogP contribution in [0, 0.1) is 0 Å². The molecule has 0 aliphatic carbocycles. The van der Waals surface area contributed by atoms with E-state index in [-0.39, 0.29) is 0 Å². The van der Waals surface area contributed by atoms with Crippen molar-refractivity contribution in [2.24, 2.45) is 5.73 Å². The number of nitrogens with two attached hydrogens (primary N) is 1. The molecule has 0 aliphatic rings. The summed E-state index contributed by atoms with van der Waals surface area (Å²) >= 11 is 0. The van der Waals surface area contributed by atoms with Gasteiger partial charge < -0.3 is 32.1 Å². The van der Waals surface area contributed by atoms with Crippen molar-refractivity contribution in [3.63, 3.8) is 0 Å². The predicted molar refractivity (Wildman–Crippen MR) is 91.7 cm³/mol. The first-order chi connectivity index (χ1) is 11.9. The molecule has 5 atom stereocenters. The maximum absolute atomic E-state index is 12.0. The SMILES string of the molecule is C[C@H](N)C(=O)N[C@H](C)C(=O)N[C@H](C)C(=O)N[C@@H](C)C(=O)N[C@H](C)C(=O)O. The van der Waals surface area contributed by atoms with Gasteiger partial charge in [-0.15, -0.1) is 0 Å². The number of nitrogens with one attached hydrogen (secondary N) is 4. The van der Waals surface area contributed by atoms with Gasteiger partial charge in [-0.25, -0.2) is 0 Å². The zero-order valence-corrected chi connectivity index (χ0v) is 15.5. The Morgan fingerprint density at radius 3 is 1.15 bits per heavy atom. The van der Waals surface area contributed by atoms with Crippen molar-refractivity contribution in [2.75, 3.05) is 0 Å². The van der Waals surface area contributed by atoms with Crippen LogP contribution in [0.2, 0.25) is 0 Å². The Kier molecular flexibility index (Phi) is 9.27. The summed E-state index contributed by atoms with van der Waals surface area (Å²) in [6.45, 7) is 6.96. The predicted octanol–water partition coefficient (Wildman–Crippen LogP) is -2.56. The Morgan fingerprint density at radius 1 is 0.615 bits per heavy atom. The average Bonchev–Trinajstić information content (AvgIpc) is 2.53. The number of carbonyl (C=O) groups is 5. The summed E-state index contributed by atoms with van der Waals surface area (Å²) < 4.78 is 0. The number of amides is 4. The molecule has 0 rings (SSSR count).